The van der Waals surface area contributed by atoms with E-state index in [1.807, 2.05) is 18.7 Å². The molecule has 1 fully saturated rings. The first kappa shape index (κ1) is 12.8. The van der Waals surface area contributed by atoms with Gasteiger partial charge in [0.25, 0.3) is 0 Å². The summed E-state index contributed by atoms with van der Waals surface area (Å²) in [5.41, 5.74) is 1.67. The fourth-order valence-corrected chi connectivity index (χ4v) is 3.21. The molecule has 0 aromatic carbocycles. The highest BCUT2D eigenvalue weighted by molar-refractivity contribution is 8.01. The van der Waals surface area contributed by atoms with E-state index in [9.17, 15) is 4.79 Å². The van der Waals surface area contributed by atoms with E-state index in [-0.39, 0.29) is 18.1 Å². The number of carbonyl (C=O) groups excluding carboxylic acids is 1. The van der Waals surface area contributed by atoms with Crippen molar-refractivity contribution in [1.29, 1.82) is 0 Å². The number of thioether (sulfide) groups is 1. The van der Waals surface area contributed by atoms with Gasteiger partial charge in [0.1, 0.15) is 5.51 Å². The molecule has 1 saturated heterocycles. The molecule has 0 N–H and O–H groups in total. The van der Waals surface area contributed by atoms with E-state index in [1.54, 1.807) is 5.51 Å². The summed E-state index contributed by atoms with van der Waals surface area (Å²) in [6, 6.07) is 0. The first-order valence-corrected chi connectivity index (χ1v) is 7.34. The summed E-state index contributed by atoms with van der Waals surface area (Å²) < 4.78 is 6.44. The van der Waals surface area contributed by atoms with Crippen LogP contribution in [-0.2, 0) is 9.53 Å². The van der Waals surface area contributed by atoms with Gasteiger partial charge in [-0.3, -0.25) is 4.79 Å². The number of hydrogen-bond acceptors (Lipinski definition) is 6. The SMILES string of the molecule is C[C@@H]1CN(C(=O)CSc2nncs2)C[C@H](C)O1. The highest BCUT2D eigenvalue weighted by Gasteiger charge is 2.25. The Hall–Kier alpha value is -0.660. The third-order valence-corrected chi connectivity index (χ3v) is 4.28. The van der Waals surface area contributed by atoms with Crippen LogP contribution in [0.15, 0.2) is 9.85 Å². The topological polar surface area (TPSA) is 55.3 Å². The van der Waals surface area contributed by atoms with E-state index in [1.165, 1.54) is 23.1 Å². The van der Waals surface area contributed by atoms with Gasteiger partial charge in [-0.05, 0) is 13.8 Å². The van der Waals surface area contributed by atoms with Crippen LogP contribution in [0.25, 0.3) is 0 Å². The van der Waals surface area contributed by atoms with Crippen molar-refractivity contribution in [1.82, 2.24) is 15.1 Å². The maximum atomic E-state index is 12.0. The molecule has 0 aliphatic carbocycles. The van der Waals surface area contributed by atoms with Crippen molar-refractivity contribution in [3.63, 3.8) is 0 Å². The number of hydrogen-bond donors (Lipinski definition) is 0. The maximum Gasteiger partial charge on any atom is 0.233 e. The Balaban J connectivity index is 1.83. The zero-order chi connectivity index (χ0) is 12.3. The largest absolute Gasteiger partial charge is 0.372 e. The molecular weight excluding hydrogens is 258 g/mol. The van der Waals surface area contributed by atoms with Crippen LogP contribution in [-0.4, -0.2) is 52.1 Å². The van der Waals surface area contributed by atoms with Gasteiger partial charge in [-0.15, -0.1) is 10.2 Å². The highest BCUT2D eigenvalue weighted by atomic mass is 32.2. The van der Waals surface area contributed by atoms with Crippen LogP contribution in [0, 0.1) is 0 Å². The molecule has 2 atom stereocenters. The molecule has 0 bridgehead atoms. The smallest absolute Gasteiger partial charge is 0.233 e. The fraction of sp³-hybridized carbons (Fsp3) is 0.700. The molecule has 1 aliphatic heterocycles. The molecule has 0 radical (unpaired) electrons. The van der Waals surface area contributed by atoms with Crippen LogP contribution in [0.4, 0.5) is 0 Å². The van der Waals surface area contributed by atoms with Crippen molar-refractivity contribution < 1.29 is 9.53 Å². The monoisotopic (exact) mass is 273 g/mol. The van der Waals surface area contributed by atoms with Gasteiger partial charge >= 0.3 is 0 Å². The van der Waals surface area contributed by atoms with E-state index in [0.29, 0.717) is 18.8 Å². The molecular formula is C10H15N3O2S2. The van der Waals surface area contributed by atoms with Gasteiger partial charge in [-0.25, -0.2) is 0 Å². The van der Waals surface area contributed by atoms with E-state index in [2.05, 4.69) is 10.2 Å². The Labute approximate surface area is 109 Å². The van der Waals surface area contributed by atoms with Gasteiger partial charge in [-0.1, -0.05) is 23.1 Å². The third kappa shape index (κ3) is 3.65. The summed E-state index contributed by atoms with van der Waals surface area (Å²) in [6.07, 6.45) is 0.239. The van der Waals surface area contributed by atoms with Crippen molar-refractivity contribution in [3.05, 3.63) is 5.51 Å². The number of ether oxygens (including phenoxy) is 1. The van der Waals surface area contributed by atoms with Crippen molar-refractivity contribution in [2.75, 3.05) is 18.8 Å². The minimum atomic E-state index is 0.120. The highest BCUT2D eigenvalue weighted by Crippen LogP contribution is 2.20. The predicted molar refractivity (Wildman–Crippen MR) is 67.2 cm³/mol. The lowest BCUT2D eigenvalue weighted by Crippen LogP contribution is -2.48. The molecule has 1 aromatic rings. The van der Waals surface area contributed by atoms with E-state index < -0.39 is 0 Å². The van der Waals surface area contributed by atoms with Gasteiger partial charge in [0, 0.05) is 13.1 Å². The molecule has 2 rings (SSSR count). The number of nitrogens with zero attached hydrogens (tertiary/aromatic N) is 3. The molecule has 94 valence electrons. The molecule has 7 heteroatoms. The molecule has 1 aromatic heterocycles. The van der Waals surface area contributed by atoms with Crippen molar-refractivity contribution in [3.8, 4) is 0 Å². The second-order valence-electron chi connectivity index (χ2n) is 4.05. The average Bonchev–Trinajstić information content (AvgIpc) is 2.77. The molecule has 1 aliphatic rings. The first-order valence-electron chi connectivity index (χ1n) is 5.47. The Kier molecular flexibility index (Phi) is 4.36. The molecule has 0 unspecified atom stereocenters. The number of morpholine rings is 1. The lowest BCUT2D eigenvalue weighted by atomic mass is 10.2. The average molecular weight is 273 g/mol. The Morgan fingerprint density at radius 1 is 1.59 bits per heavy atom. The zero-order valence-corrected chi connectivity index (χ0v) is 11.5. The lowest BCUT2D eigenvalue weighted by molar-refractivity contribution is -0.140. The molecule has 17 heavy (non-hydrogen) atoms. The van der Waals surface area contributed by atoms with E-state index in [4.69, 9.17) is 4.74 Å². The minimum absolute atomic E-state index is 0.120. The lowest BCUT2D eigenvalue weighted by Gasteiger charge is -2.35. The second-order valence-corrected chi connectivity index (χ2v) is 6.11. The van der Waals surface area contributed by atoms with Crippen LogP contribution in [0.3, 0.4) is 0 Å². The van der Waals surface area contributed by atoms with Gasteiger partial charge in [-0.2, -0.15) is 0 Å². The maximum absolute atomic E-state index is 12.0. The summed E-state index contributed by atoms with van der Waals surface area (Å²) in [7, 11) is 0. The first-order chi connectivity index (χ1) is 8.15. The number of aromatic nitrogens is 2. The molecule has 0 saturated carbocycles. The fourth-order valence-electron chi connectivity index (χ4n) is 1.82. The molecule has 2 heterocycles. The molecule has 0 spiro atoms. The van der Waals surface area contributed by atoms with Crippen LogP contribution < -0.4 is 0 Å². The second kappa shape index (κ2) is 5.79. The number of amides is 1. The predicted octanol–water partition coefficient (Wildman–Crippen LogP) is 1.27. The van der Waals surface area contributed by atoms with Gasteiger partial charge in [0.05, 0.1) is 18.0 Å². The van der Waals surface area contributed by atoms with E-state index >= 15 is 0 Å². The van der Waals surface area contributed by atoms with Gasteiger partial charge in [0.2, 0.25) is 5.91 Å². The van der Waals surface area contributed by atoms with Crippen molar-refractivity contribution in [2.45, 2.75) is 30.4 Å². The number of carbonyl (C=O) groups is 1. The summed E-state index contributed by atoms with van der Waals surface area (Å²) in [6.45, 7) is 5.35. The third-order valence-electron chi connectivity index (χ3n) is 2.43. The van der Waals surface area contributed by atoms with Gasteiger partial charge in [0.15, 0.2) is 4.34 Å². The molecule has 5 nitrogen and oxygen atoms in total. The zero-order valence-electron chi connectivity index (χ0n) is 9.83. The standard InChI is InChI=1S/C10H15N3O2S2/c1-7-3-13(4-8(2)15-7)9(14)5-16-10-12-11-6-17-10/h6-8H,3-5H2,1-2H3/t7-,8+. The van der Waals surface area contributed by atoms with Crippen molar-refractivity contribution >= 4 is 29.0 Å². The summed E-state index contributed by atoms with van der Waals surface area (Å²) in [4.78, 5) is 13.9. The minimum Gasteiger partial charge on any atom is -0.372 e. The van der Waals surface area contributed by atoms with Crippen LogP contribution in [0.1, 0.15) is 13.8 Å². The summed E-state index contributed by atoms with van der Waals surface area (Å²) in [5, 5.41) is 7.64. The van der Waals surface area contributed by atoms with Crippen LogP contribution in [0.2, 0.25) is 0 Å². The Morgan fingerprint density at radius 3 is 2.88 bits per heavy atom. The Bertz CT molecular complexity index is 362. The normalized spacial score (nSPS) is 24.9. The summed E-state index contributed by atoms with van der Waals surface area (Å²) in [5.74, 6) is 0.571. The number of rotatable bonds is 3. The van der Waals surface area contributed by atoms with Gasteiger partial charge < -0.3 is 9.64 Å². The van der Waals surface area contributed by atoms with Crippen LogP contribution >= 0.6 is 23.1 Å². The quantitative estimate of drug-likeness (QED) is 0.776. The van der Waals surface area contributed by atoms with E-state index in [0.717, 1.165) is 4.34 Å². The van der Waals surface area contributed by atoms with Crippen LogP contribution in [0.5, 0.6) is 0 Å². The summed E-state index contributed by atoms with van der Waals surface area (Å²) >= 11 is 2.90. The Morgan fingerprint density at radius 2 is 2.29 bits per heavy atom. The van der Waals surface area contributed by atoms with Crippen molar-refractivity contribution in [2.24, 2.45) is 0 Å². The molecule has 1 amide bonds.